The van der Waals surface area contributed by atoms with E-state index in [1.54, 1.807) is 12.1 Å². The fourth-order valence-electron chi connectivity index (χ4n) is 5.35. The lowest BCUT2D eigenvalue weighted by Gasteiger charge is -2.22. The van der Waals surface area contributed by atoms with Crippen molar-refractivity contribution in [3.8, 4) is 5.75 Å². The van der Waals surface area contributed by atoms with Gasteiger partial charge in [0.1, 0.15) is 18.0 Å². The highest BCUT2D eigenvalue weighted by Gasteiger charge is 2.19. The van der Waals surface area contributed by atoms with E-state index in [2.05, 4.69) is 41.9 Å². The minimum Gasteiger partial charge on any atom is -0.493 e. The minimum absolute atomic E-state index is 0.0498. The Bertz CT molecular complexity index is 1340. The maximum Gasteiger partial charge on any atom is 0.233 e. The molecule has 4 rings (SSSR count). The summed E-state index contributed by atoms with van der Waals surface area (Å²) in [5.74, 6) is -0.404. The average molecular weight is 548 g/mol. The van der Waals surface area contributed by atoms with E-state index in [1.165, 1.54) is 12.5 Å². The Kier molecular flexibility index (Phi) is 10.4. The first-order valence-corrected chi connectivity index (χ1v) is 14.7. The number of carbonyl (C=O) groups excluding carboxylic acids is 2. The number of hydrogen-bond acceptors (Lipinski definition) is 4. The van der Waals surface area contributed by atoms with Gasteiger partial charge in [0.05, 0.1) is 6.61 Å². The number of nitrogens with one attached hydrogen (secondary N) is 3. The van der Waals surface area contributed by atoms with Gasteiger partial charge in [0.2, 0.25) is 11.8 Å². The Morgan fingerprint density at radius 3 is 2.42 bits per heavy atom. The molecule has 0 aliphatic heterocycles. The molecule has 1 fully saturated rings. The van der Waals surface area contributed by atoms with Crippen LogP contribution in [0, 0.1) is 11.7 Å². The normalized spacial score (nSPS) is 17.1. The molecular weight excluding hydrogens is 505 g/mol. The van der Waals surface area contributed by atoms with Crippen LogP contribution in [-0.2, 0) is 9.59 Å². The highest BCUT2D eigenvalue weighted by atomic mass is 19.1. The fraction of sp³-hybridized carbons (Fsp3) is 0.455. The van der Waals surface area contributed by atoms with Gasteiger partial charge in [0.25, 0.3) is 0 Å². The summed E-state index contributed by atoms with van der Waals surface area (Å²) in [4.78, 5) is 24.7. The van der Waals surface area contributed by atoms with Crippen LogP contribution < -0.4 is 31.1 Å². The maximum atomic E-state index is 15.7. The fourth-order valence-corrected chi connectivity index (χ4v) is 5.35. The molecule has 0 spiro atoms. The molecule has 0 bridgehead atoms. The molecule has 214 valence electrons. The van der Waals surface area contributed by atoms with Crippen LogP contribution in [0.2, 0.25) is 0 Å². The van der Waals surface area contributed by atoms with Gasteiger partial charge in [-0.2, -0.15) is 0 Å². The summed E-state index contributed by atoms with van der Waals surface area (Å²) in [5, 5.41) is 10.6. The number of amides is 2. The summed E-state index contributed by atoms with van der Waals surface area (Å²) >= 11 is 0. The van der Waals surface area contributed by atoms with Gasteiger partial charge in [0, 0.05) is 40.3 Å². The number of unbranched alkanes of at least 4 members (excludes halogenated alkanes) is 1. The molecule has 0 radical (unpaired) electrons. The highest BCUT2D eigenvalue weighted by molar-refractivity contribution is 6.03. The van der Waals surface area contributed by atoms with Crippen molar-refractivity contribution in [1.82, 2.24) is 5.32 Å². The summed E-state index contributed by atoms with van der Waals surface area (Å²) in [5.41, 5.74) is 3.20. The van der Waals surface area contributed by atoms with E-state index in [-0.39, 0.29) is 36.0 Å². The van der Waals surface area contributed by atoms with Crippen molar-refractivity contribution in [3.05, 3.63) is 64.8 Å². The standard InChI is InChI=1S/C33H42FN3O3/c1-4-6-18-40-27-19-28-23(5-2)13-12-22(3)33(32(28)29(34)20-27)37-26-16-14-25(15-17-26)36-31(39)21-30(38)35-24-10-8-7-9-11-24/h12-17,19-20,22,24,37H,4-11,18,21H2,1-3H3,(H,35,38)(H,36,39). The lowest BCUT2D eigenvalue weighted by Crippen LogP contribution is -2.37. The molecule has 0 heterocycles. The Morgan fingerprint density at radius 2 is 1.73 bits per heavy atom. The Hall–Kier alpha value is -3.61. The lowest BCUT2D eigenvalue weighted by molar-refractivity contribution is -0.127. The quantitative estimate of drug-likeness (QED) is 0.247. The van der Waals surface area contributed by atoms with E-state index in [4.69, 9.17) is 4.74 Å². The lowest BCUT2D eigenvalue weighted by atomic mass is 9.95. The summed E-state index contributed by atoms with van der Waals surface area (Å²) in [6, 6.07) is 10.8. The van der Waals surface area contributed by atoms with Crippen LogP contribution in [0.1, 0.15) is 78.6 Å². The van der Waals surface area contributed by atoms with Crippen molar-refractivity contribution in [2.75, 3.05) is 17.2 Å². The highest BCUT2D eigenvalue weighted by Crippen LogP contribution is 2.23. The van der Waals surface area contributed by atoms with Crippen molar-refractivity contribution >= 4 is 34.5 Å². The van der Waals surface area contributed by atoms with Crippen LogP contribution in [0.5, 0.6) is 5.75 Å². The van der Waals surface area contributed by atoms with Gasteiger partial charge in [0.15, 0.2) is 0 Å². The zero-order valence-corrected chi connectivity index (χ0v) is 23.9. The summed E-state index contributed by atoms with van der Waals surface area (Å²) in [7, 11) is 0. The van der Waals surface area contributed by atoms with Crippen LogP contribution in [0.3, 0.4) is 0 Å². The second kappa shape index (κ2) is 14.1. The first-order valence-electron chi connectivity index (χ1n) is 14.7. The molecule has 1 saturated carbocycles. The van der Waals surface area contributed by atoms with Crippen LogP contribution in [0.15, 0.2) is 48.6 Å². The predicted octanol–water partition coefficient (Wildman–Crippen LogP) is 5.77. The summed E-state index contributed by atoms with van der Waals surface area (Å²) in [6.45, 7) is 6.77. The Balaban J connectivity index is 1.49. The number of benzene rings is 2. The number of ether oxygens (including phenoxy) is 1. The van der Waals surface area contributed by atoms with Crippen molar-refractivity contribution in [2.24, 2.45) is 5.92 Å². The molecule has 1 unspecified atom stereocenters. The van der Waals surface area contributed by atoms with Crippen LogP contribution in [0.25, 0.3) is 11.3 Å². The third-order valence-corrected chi connectivity index (χ3v) is 7.61. The summed E-state index contributed by atoms with van der Waals surface area (Å²) in [6.07, 6.45) is 12.1. The maximum absolute atomic E-state index is 15.7. The first-order chi connectivity index (χ1) is 19.4. The molecular formula is C33H42FN3O3. The Morgan fingerprint density at radius 1 is 1.00 bits per heavy atom. The molecule has 2 aliphatic carbocycles. The van der Waals surface area contributed by atoms with E-state index in [1.807, 2.05) is 25.1 Å². The van der Waals surface area contributed by atoms with E-state index in [0.29, 0.717) is 23.3 Å². The molecule has 6 nitrogen and oxygen atoms in total. The number of halogens is 1. The van der Waals surface area contributed by atoms with Crippen molar-refractivity contribution < 1.29 is 18.7 Å². The van der Waals surface area contributed by atoms with Gasteiger partial charge in [-0.25, -0.2) is 4.39 Å². The average Bonchev–Trinajstić information content (AvgIpc) is 3.06. The van der Waals surface area contributed by atoms with Gasteiger partial charge in [-0.05, 0) is 66.8 Å². The first kappa shape index (κ1) is 29.4. The molecule has 7 heteroatoms. The zero-order valence-electron chi connectivity index (χ0n) is 23.9. The van der Waals surface area contributed by atoms with Gasteiger partial charge < -0.3 is 20.7 Å². The largest absolute Gasteiger partial charge is 0.493 e. The van der Waals surface area contributed by atoms with E-state index >= 15 is 4.39 Å². The van der Waals surface area contributed by atoms with Crippen LogP contribution in [-0.4, -0.2) is 24.5 Å². The second-order valence-corrected chi connectivity index (χ2v) is 10.8. The van der Waals surface area contributed by atoms with Crippen LogP contribution >= 0.6 is 0 Å². The second-order valence-electron chi connectivity index (χ2n) is 10.8. The number of hydrogen-bond donors (Lipinski definition) is 3. The zero-order chi connectivity index (χ0) is 28.5. The number of fused-ring (bicyclic) bond motifs is 1. The molecule has 3 N–H and O–H groups in total. The summed E-state index contributed by atoms with van der Waals surface area (Å²) < 4.78 is 21.5. The van der Waals surface area contributed by atoms with Crippen molar-refractivity contribution in [1.29, 1.82) is 0 Å². The van der Waals surface area contributed by atoms with E-state index in [0.717, 1.165) is 67.1 Å². The number of carbonyl (C=O) groups is 2. The third kappa shape index (κ3) is 7.74. The Labute approximate surface area is 236 Å². The third-order valence-electron chi connectivity index (χ3n) is 7.61. The number of anilines is 2. The molecule has 2 aromatic carbocycles. The SMILES string of the molecule is CCCCOc1cc(F)c2c(c1)=C(CC)C=CC(C)C=2Nc1ccc(NC(=O)CC(=O)NC2CCCCC2)cc1. The van der Waals surface area contributed by atoms with E-state index in [9.17, 15) is 9.59 Å². The molecule has 40 heavy (non-hydrogen) atoms. The van der Waals surface area contributed by atoms with Gasteiger partial charge in [-0.3, -0.25) is 9.59 Å². The predicted molar refractivity (Wildman–Crippen MR) is 160 cm³/mol. The molecule has 2 amide bonds. The van der Waals surface area contributed by atoms with Gasteiger partial charge in [-0.15, -0.1) is 0 Å². The molecule has 2 aromatic rings. The molecule has 0 saturated heterocycles. The monoisotopic (exact) mass is 547 g/mol. The molecule has 1 atom stereocenters. The van der Waals surface area contributed by atoms with Gasteiger partial charge >= 0.3 is 0 Å². The van der Waals surface area contributed by atoms with Crippen molar-refractivity contribution in [3.63, 3.8) is 0 Å². The minimum atomic E-state index is -0.346. The van der Waals surface area contributed by atoms with Gasteiger partial charge in [-0.1, -0.05) is 58.6 Å². The molecule has 2 aliphatic rings. The topological polar surface area (TPSA) is 79.5 Å². The number of allylic oxidation sites excluding steroid dienone is 1. The van der Waals surface area contributed by atoms with Crippen LogP contribution in [0.4, 0.5) is 15.8 Å². The smallest absolute Gasteiger partial charge is 0.233 e. The van der Waals surface area contributed by atoms with E-state index < -0.39 is 0 Å². The van der Waals surface area contributed by atoms with Crippen molar-refractivity contribution in [2.45, 2.75) is 84.6 Å². The molecule has 0 aromatic heterocycles. The number of rotatable bonds is 11.